The van der Waals surface area contributed by atoms with Crippen LogP contribution in [0, 0.1) is 0 Å². The third kappa shape index (κ3) is 5.92. The van der Waals surface area contributed by atoms with E-state index < -0.39 is 0 Å². The predicted molar refractivity (Wildman–Crippen MR) is 258 cm³/mol. The molecule has 2 nitrogen and oxygen atoms in total. The van der Waals surface area contributed by atoms with E-state index in [4.69, 9.17) is 9.97 Å². The van der Waals surface area contributed by atoms with Gasteiger partial charge in [0.25, 0.3) is 0 Å². The van der Waals surface area contributed by atoms with Crippen LogP contribution in [0.3, 0.4) is 0 Å². The van der Waals surface area contributed by atoms with Crippen LogP contribution in [0.5, 0.6) is 0 Å². The molecule has 0 atom stereocenters. The molecular formula is C59H46N2. The summed E-state index contributed by atoms with van der Waals surface area (Å²) in [5.41, 5.74) is 19.8. The van der Waals surface area contributed by atoms with E-state index in [0.29, 0.717) is 0 Å². The van der Waals surface area contributed by atoms with Crippen LogP contribution in [-0.2, 0) is 17.3 Å². The van der Waals surface area contributed by atoms with Crippen LogP contribution in [0.1, 0.15) is 49.9 Å². The van der Waals surface area contributed by atoms with Crippen molar-refractivity contribution in [3.05, 3.63) is 217 Å². The van der Waals surface area contributed by atoms with Crippen molar-refractivity contribution >= 4 is 32.6 Å². The number of aromatic nitrogens is 2. The van der Waals surface area contributed by atoms with Gasteiger partial charge in [0.05, 0.1) is 16.7 Å². The predicted octanol–water partition coefficient (Wildman–Crippen LogP) is 15.4. The average molecular weight is 783 g/mol. The highest BCUT2D eigenvalue weighted by atomic mass is 14.7. The molecule has 2 aromatic heterocycles. The van der Waals surface area contributed by atoms with Crippen LogP contribution >= 0.6 is 0 Å². The number of nitrogens with zero attached hydrogens (tertiary/aromatic N) is 2. The molecule has 2 heteroatoms. The highest BCUT2D eigenvalue weighted by Gasteiger charge is 2.35. The van der Waals surface area contributed by atoms with Crippen molar-refractivity contribution in [2.24, 2.45) is 0 Å². The fourth-order valence-electron chi connectivity index (χ4n) is 10.0. The quantitative estimate of drug-likeness (QED) is 0.166. The van der Waals surface area contributed by atoms with Gasteiger partial charge in [0.1, 0.15) is 0 Å². The van der Waals surface area contributed by atoms with E-state index in [0.717, 1.165) is 72.7 Å². The molecule has 0 amide bonds. The summed E-state index contributed by atoms with van der Waals surface area (Å²) in [6.45, 7) is 13.8. The van der Waals surface area contributed by atoms with Crippen LogP contribution in [0.15, 0.2) is 194 Å². The monoisotopic (exact) mass is 782 g/mol. The molecule has 2 aliphatic carbocycles. The summed E-state index contributed by atoms with van der Waals surface area (Å²) in [6.07, 6.45) is 11.4. The van der Waals surface area contributed by atoms with E-state index in [2.05, 4.69) is 204 Å². The van der Waals surface area contributed by atoms with Gasteiger partial charge in [-0.15, -0.1) is 0 Å². The Hall–Kier alpha value is -7.16. The van der Waals surface area contributed by atoms with Crippen molar-refractivity contribution < 1.29 is 0 Å². The van der Waals surface area contributed by atoms with E-state index >= 15 is 0 Å². The van der Waals surface area contributed by atoms with E-state index in [9.17, 15) is 0 Å². The van der Waals surface area contributed by atoms with E-state index in [1.165, 1.54) is 49.9 Å². The van der Waals surface area contributed by atoms with Gasteiger partial charge in [-0.3, -0.25) is 4.98 Å². The Bertz CT molecular complexity index is 3330. The molecule has 0 saturated heterocycles. The minimum atomic E-state index is -0.257. The molecule has 11 rings (SSSR count). The second kappa shape index (κ2) is 14.0. The molecule has 0 saturated carbocycles. The Kier molecular flexibility index (Phi) is 8.44. The van der Waals surface area contributed by atoms with Crippen molar-refractivity contribution in [1.29, 1.82) is 0 Å². The van der Waals surface area contributed by atoms with E-state index in [-0.39, 0.29) is 10.8 Å². The molecule has 9 aromatic rings. The highest BCUT2D eigenvalue weighted by Crippen LogP contribution is 2.50. The van der Waals surface area contributed by atoms with Crippen molar-refractivity contribution in [1.82, 2.24) is 9.97 Å². The number of benzene rings is 7. The molecule has 2 heterocycles. The van der Waals surface area contributed by atoms with Crippen LogP contribution in [-0.4, -0.2) is 9.97 Å². The van der Waals surface area contributed by atoms with Gasteiger partial charge >= 0.3 is 0 Å². The molecule has 0 bridgehead atoms. The molecule has 0 unspecified atom stereocenters. The zero-order valence-electron chi connectivity index (χ0n) is 35.1. The van der Waals surface area contributed by atoms with Gasteiger partial charge in [0, 0.05) is 44.3 Å². The summed E-state index contributed by atoms with van der Waals surface area (Å²) in [6, 6.07) is 56.0. The SMILES string of the molecule is C=C1/C=C\C=C/Cc2ccc(-c3cc(-c4ccc(-c5cccc6cccnc56)cc4)c4cc(-c5ccc6c(c5)C(C)(C)c5ccccc5-6)c5ccccc5c4n3)cc2C1(C)C. The zero-order chi connectivity index (χ0) is 41.5. The molecule has 2 aliphatic rings. The normalized spacial score (nSPS) is 16.0. The largest absolute Gasteiger partial charge is 0.256 e. The van der Waals surface area contributed by atoms with Crippen molar-refractivity contribution in [2.75, 3.05) is 0 Å². The zero-order valence-corrected chi connectivity index (χ0v) is 35.1. The minimum absolute atomic E-state index is 0.1000. The topological polar surface area (TPSA) is 25.8 Å². The molecule has 0 radical (unpaired) electrons. The number of para-hydroxylation sites is 1. The summed E-state index contributed by atoms with van der Waals surface area (Å²) in [4.78, 5) is 10.4. The first-order valence-corrected chi connectivity index (χ1v) is 21.4. The summed E-state index contributed by atoms with van der Waals surface area (Å²) in [7, 11) is 0. The Morgan fingerprint density at radius 2 is 1.15 bits per heavy atom. The number of hydrogen-bond acceptors (Lipinski definition) is 2. The fourth-order valence-corrected chi connectivity index (χ4v) is 10.0. The van der Waals surface area contributed by atoms with E-state index in [1.807, 2.05) is 12.3 Å². The van der Waals surface area contributed by atoms with Crippen molar-refractivity contribution in [2.45, 2.75) is 44.9 Å². The van der Waals surface area contributed by atoms with Gasteiger partial charge in [-0.25, -0.2) is 4.98 Å². The second-order valence-electron chi connectivity index (χ2n) is 17.8. The fraction of sp³-hybridized carbons (Fsp3) is 0.119. The Morgan fingerprint density at radius 1 is 0.475 bits per heavy atom. The van der Waals surface area contributed by atoms with Gasteiger partial charge in [-0.05, 0) is 109 Å². The minimum Gasteiger partial charge on any atom is -0.256 e. The lowest BCUT2D eigenvalue weighted by atomic mass is 9.75. The lowest BCUT2D eigenvalue weighted by Gasteiger charge is -2.29. The maximum Gasteiger partial charge on any atom is 0.0794 e. The molecule has 292 valence electrons. The summed E-state index contributed by atoms with van der Waals surface area (Å²) in [5, 5.41) is 4.61. The standard InChI is InChI=1S/C59H46N2/c1-37-15-7-6-8-16-40-28-29-43(34-53(40)58(37,2)3)55-36-50(39-26-24-38(25-27-39)44-22-13-17-41-18-14-32-60-56(41)44)51-35-49(45-19-9-10-21-48(45)57(51)61-55)42-30-31-47-46-20-11-12-23-52(46)59(4,5)54(47)33-42/h6-15,17-36H,1,16H2,2-5H3/b8-6-,15-7-. The molecule has 61 heavy (non-hydrogen) atoms. The molecule has 0 fully saturated rings. The number of allylic oxidation sites excluding steroid dienone is 5. The molecule has 0 spiro atoms. The van der Waals surface area contributed by atoms with Crippen LogP contribution in [0.2, 0.25) is 0 Å². The maximum absolute atomic E-state index is 5.62. The molecule has 0 N–H and O–H groups in total. The van der Waals surface area contributed by atoms with Crippen molar-refractivity contribution in [3.8, 4) is 55.8 Å². The number of rotatable bonds is 4. The summed E-state index contributed by atoms with van der Waals surface area (Å²) < 4.78 is 0. The van der Waals surface area contributed by atoms with E-state index in [1.54, 1.807) is 0 Å². The molecule has 0 aliphatic heterocycles. The van der Waals surface area contributed by atoms with Crippen LogP contribution in [0.4, 0.5) is 0 Å². The van der Waals surface area contributed by atoms with Gasteiger partial charge in [0.15, 0.2) is 0 Å². The van der Waals surface area contributed by atoms with Crippen LogP contribution < -0.4 is 0 Å². The van der Waals surface area contributed by atoms with Gasteiger partial charge in [0.2, 0.25) is 0 Å². The second-order valence-corrected chi connectivity index (χ2v) is 17.8. The molecule has 7 aromatic carbocycles. The lowest BCUT2D eigenvalue weighted by Crippen LogP contribution is -2.20. The number of pyridine rings is 2. The first-order valence-electron chi connectivity index (χ1n) is 21.4. The first kappa shape index (κ1) is 36.9. The average Bonchev–Trinajstić information content (AvgIpc) is 3.55. The first-order chi connectivity index (χ1) is 29.7. The van der Waals surface area contributed by atoms with Gasteiger partial charge < -0.3 is 0 Å². The third-order valence-electron chi connectivity index (χ3n) is 13.6. The Morgan fingerprint density at radius 3 is 2.00 bits per heavy atom. The smallest absolute Gasteiger partial charge is 0.0794 e. The summed E-state index contributed by atoms with van der Waals surface area (Å²) >= 11 is 0. The Balaban J connectivity index is 1.14. The van der Waals surface area contributed by atoms with Crippen molar-refractivity contribution in [3.63, 3.8) is 0 Å². The maximum atomic E-state index is 5.62. The highest BCUT2D eigenvalue weighted by molar-refractivity contribution is 6.16. The number of hydrogen-bond donors (Lipinski definition) is 0. The third-order valence-corrected chi connectivity index (χ3v) is 13.6. The van der Waals surface area contributed by atoms with Crippen LogP contribution in [0.25, 0.3) is 88.3 Å². The van der Waals surface area contributed by atoms with Gasteiger partial charge in [-0.1, -0.05) is 180 Å². The lowest BCUT2D eigenvalue weighted by molar-refractivity contribution is 0.635. The van der Waals surface area contributed by atoms with Gasteiger partial charge in [-0.2, -0.15) is 0 Å². The summed E-state index contributed by atoms with van der Waals surface area (Å²) in [5.74, 6) is 0. The Labute approximate surface area is 358 Å². The molecular weight excluding hydrogens is 737 g/mol. The number of fused-ring (bicyclic) bond motifs is 8.